The van der Waals surface area contributed by atoms with Gasteiger partial charge in [0.05, 0.1) is 11.3 Å². The number of pyridine rings is 1. The summed E-state index contributed by atoms with van der Waals surface area (Å²) in [5.41, 5.74) is 1.53. The van der Waals surface area contributed by atoms with Crippen molar-refractivity contribution in [1.82, 2.24) is 4.98 Å². The Hall–Kier alpha value is -2.25. The SMILES string of the molecule is Cc1ccc(N(c2ccc(C(=O)O)cn2)S(=O)O)cc1. The summed E-state index contributed by atoms with van der Waals surface area (Å²) in [6, 6.07) is 9.71. The van der Waals surface area contributed by atoms with Gasteiger partial charge < -0.3 is 5.11 Å². The lowest BCUT2D eigenvalue weighted by molar-refractivity contribution is 0.0696. The van der Waals surface area contributed by atoms with Gasteiger partial charge in [-0.25, -0.2) is 18.3 Å². The Bertz CT molecular complexity index is 640. The number of carboxylic acids is 1. The lowest BCUT2D eigenvalue weighted by Gasteiger charge is -2.19. The molecule has 20 heavy (non-hydrogen) atoms. The van der Waals surface area contributed by atoms with Crippen molar-refractivity contribution in [2.24, 2.45) is 0 Å². The molecule has 0 aliphatic carbocycles. The van der Waals surface area contributed by atoms with Crippen LogP contribution in [0.1, 0.15) is 15.9 Å². The molecule has 1 heterocycles. The van der Waals surface area contributed by atoms with Crippen LogP contribution in [-0.2, 0) is 11.3 Å². The normalized spacial score (nSPS) is 11.9. The standard InChI is InChI=1S/C13H12N2O4S/c1-9-2-5-11(6-3-9)15(20(18)19)12-7-4-10(8-14-12)13(16)17/h2-8H,1H3,(H,16,17)(H,18,19). The van der Waals surface area contributed by atoms with Gasteiger partial charge in [-0.3, -0.25) is 4.55 Å². The number of aryl methyl sites for hydroxylation is 1. The van der Waals surface area contributed by atoms with Crippen LogP contribution < -0.4 is 4.31 Å². The smallest absolute Gasteiger partial charge is 0.337 e. The number of carboxylic acid groups (broad SMARTS) is 1. The lowest BCUT2D eigenvalue weighted by atomic mass is 10.2. The summed E-state index contributed by atoms with van der Waals surface area (Å²) in [4.78, 5) is 14.7. The second kappa shape index (κ2) is 5.81. The zero-order valence-electron chi connectivity index (χ0n) is 10.6. The highest BCUT2D eigenvalue weighted by atomic mass is 32.2. The maximum Gasteiger partial charge on any atom is 0.337 e. The van der Waals surface area contributed by atoms with Crippen LogP contribution in [0.3, 0.4) is 0 Å². The Morgan fingerprint density at radius 1 is 1.20 bits per heavy atom. The van der Waals surface area contributed by atoms with E-state index < -0.39 is 17.2 Å². The second-order valence-corrected chi connectivity index (χ2v) is 4.90. The van der Waals surface area contributed by atoms with Crippen LogP contribution >= 0.6 is 0 Å². The van der Waals surface area contributed by atoms with E-state index in [-0.39, 0.29) is 11.4 Å². The molecule has 0 spiro atoms. The molecule has 1 aromatic carbocycles. The Labute approximate surface area is 118 Å². The van der Waals surface area contributed by atoms with E-state index in [1.165, 1.54) is 12.1 Å². The molecule has 6 nitrogen and oxygen atoms in total. The van der Waals surface area contributed by atoms with Gasteiger partial charge in [-0.2, -0.15) is 0 Å². The summed E-state index contributed by atoms with van der Waals surface area (Å²) >= 11 is -2.31. The first-order chi connectivity index (χ1) is 9.49. The molecule has 0 saturated heterocycles. The second-order valence-electron chi connectivity index (χ2n) is 4.07. The molecule has 0 bridgehead atoms. The number of rotatable bonds is 4. The molecule has 7 heteroatoms. The van der Waals surface area contributed by atoms with E-state index in [1.54, 1.807) is 24.3 Å². The van der Waals surface area contributed by atoms with E-state index in [0.29, 0.717) is 5.69 Å². The van der Waals surface area contributed by atoms with Crippen LogP contribution in [0.2, 0.25) is 0 Å². The quantitative estimate of drug-likeness (QED) is 0.844. The topological polar surface area (TPSA) is 90.7 Å². The number of hydrogen-bond acceptors (Lipinski definition) is 3. The molecule has 2 N–H and O–H groups in total. The molecule has 2 rings (SSSR count). The van der Waals surface area contributed by atoms with Crippen molar-refractivity contribution in [3.8, 4) is 0 Å². The maximum absolute atomic E-state index is 11.5. The van der Waals surface area contributed by atoms with Crippen molar-refractivity contribution in [3.05, 3.63) is 53.7 Å². The van der Waals surface area contributed by atoms with Crippen LogP contribution in [0.4, 0.5) is 11.5 Å². The van der Waals surface area contributed by atoms with Gasteiger partial charge in [0.15, 0.2) is 0 Å². The van der Waals surface area contributed by atoms with Crippen LogP contribution in [0, 0.1) is 6.92 Å². The molecule has 1 unspecified atom stereocenters. The molecule has 1 atom stereocenters. The molecular formula is C13H12N2O4S. The fourth-order valence-corrected chi connectivity index (χ4v) is 2.19. The Morgan fingerprint density at radius 2 is 1.85 bits per heavy atom. The van der Waals surface area contributed by atoms with E-state index in [4.69, 9.17) is 5.11 Å². The number of anilines is 2. The first kappa shape index (κ1) is 14.2. The highest BCUT2D eigenvalue weighted by Crippen LogP contribution is 2.25. The number of carbonyl (C=O) groups is 1. The Morgan fingerprint density at radius 3 is 2.30 bits per heavy atom. The minimum atomic E-state index is -2.31. The number of nitrogens with zero attached hydrogens (tertiary/aromatic N) is 2. The van der Waals surface area contributed by atoms with Crippen molar-refractivity contribution in [2.75, 3.05) is 4.31 Å². The first-order valence-electron chi connectivity index (χ1n) is 5.66. The van der Waals surface area contributed by atoms with Crippen molar-refractivity contribution in [1.29, 1.82) is 0 Å². The van der Waals surface area contributed by atoms with Gasteiger partial charge in [0.25, 0.3) is 11.3 Å². The van der Waals surface area contributed by atoms with Crippen LogP contribution in [0.15, 0.2) is 42.6 Å². The number of aromatic nitrogens is 1. The maximum atomic E-state index is 11.5. The molecule has 0 amide bonds. The minimum Gasteiger partial charge on any atom is -0.478 e. The largest absolute Gasteiger partial charge is 0.478 e. The number of benzene rings is 1. The molecule has 0 saturated carbocycles. The summed E-state index contributed by atoms with van der Waals surface area (Å²) in [5, 5.41) is 8.81. The number of hydrogen-bond donors (Lipinski definition) is 2. The van der Waals surface area contributed by atoms with Crippen molar-refractivity contribution in [3.63, 3.8) is 0 Å². The number of aromatic carboxylic acids is 1. The van der Waals surface area contributed by atoms with Gasteiger partial charge in [0.1, 0.15) is 5.82 Å². The third-order valence-electron chi connectivity index (χ3n) is 2.63. The van der Waals surface area contributed by atoms with Gasteiger partial charge in [-0.15, -0.1) is 0 Å². The average molecular weight is 292 g/mol. The minimum absolute atomic E-state index is 0.0151. The third kappa shape index (κ3) is 3.01. The van der Waals surface area contributed by atoms with Crippen molar-refractivity contribution in [2.45, 2.75) is 6.92 Å². The molecular weight excluding hydrogens is 280 g/mol. The van der Waals surface area contributed by atoms with E-state index >= 15 is 0 Å². The van der Waals surface area contributed by atoms with E-state index in [1.807, 2.05) is 6.92 Å². The van der Waals surface area contributed by atoms with Gasteiger partial charge in [-0.05, 0) is 31.2 Å². The zero-order valence-corrected chi connectivity index (χ0v) is 11.4. The fourth-order valence-electron chi connectivity index (χ4n) is 1.62. The van der Waals surface area contributed by atoms with Crippen LogP contribution in [-0.4, -0.2) is 24.8 Å². The molecule has 0 aliphatic rings. The van der Waals surface area contributed by atoms with Gasteiger partial charge in [0, 0.05) is 6.20 Å². The van der Waals surface area contributed by atoms with Gasteiger partial charge in [-0.1, -0.05) is 17.7 Å². The highest BCUT2D eigenvalue weighted by Gasteiger charge is 2.16. The van der Waals surface area contributed by atoms with E-state index in [2.05, 4.69) is 4.98 Å². The summed E-state index contributed by atoms with van der Waals surface area (Å²) < 4.78 is 22.0. The molecule has 0 fully saturated rings. The van der Waals surface area contributed by atoms with Gasteiger partial charge in [0.2, 0.25) is 0 Å². The Balaban J connectivity index is 2.40. The molecule has 0 radical (unpaired) electrons. The molecule has 104 valence electrons. The molecule has 1 aromatic heterocycles. The van der Waals surface area contributed by atoms with Crippen LogP contribution in [0.5, 0.6) is 0 Å². The highest BCUT2D eigenvalue weighted by molar-refractivity contribution is 7.81. The average Bonchev–Trinajstić information content (AvgIpc) is 2.41. The zero-order chi connectivity index (χ0) is 14.7. The first-order valence-corrected chi connectivity index (χ1v) is 6.72. The fraction of sp³-hybridized carbons (Fsp3) is 0.0769. The monoisotopic (exact) mass is 292 g/mol. The van der Waals surface area contributed by atoms with Crippen molar-refractivity contribution >= 4 is 28.7 Å². The van der Waals surface area contributed by atoms with E-state index in [0.717, 1.165) is 16.1 Å². The van der Waals surface area contributed by atoms with Gasteiger partial charge >= 0.3 is 5.97 Å². The van der Waals surface area contributed by atoms with Crippen LogP contribution in [0.25, 0.3) is 0 Å². The molecule has 2 aromatic rings. The summed E-state index contributed by atoms with van der Waals surface area (Å²) in [6.45, 7) is 1.91. The molecule has 0 aliphatic heterocycles. The summed E-state index contributed by atoms with van der Waals surface area (Å²) in [7, 11) is 0. The van der Waals surface area contributed by atoms with Crippen molar-refractivity contribution < 1.29 is 18.7 Å². The predicted molar refractivity (Wildman–Crippen MR) is 75.3 cm³/mol. The predicted octanol–water partition coefficient (Wildman–Crippen LogP) is 2.36. The summed E-state index contributed by atoms with van der Waals surface area (Å²) in [6.07, 6.45) is 1.14. The van der Waals surface area contributed by atoms with E-state index in [9.17, 15) is 13.6 Å². The Kier molecular flexibility index (Phi) is 4.11. The summed E-state index contributed by atoms with van der Waals surface area (Å²) in [5.74, 6) is -0.907. The third-order valence-corrected chi connectivity index (χ3v) is 3.34. The lowest BCUT2D eigenvalue weighted by Crippen LogP contribution is -2.20.